The average molecular weight is 271 g/mol. The Morgan fingerprint density at radius 2 is 2.05 bits per heavy atom. The molecule has 0 radical (unpaired) electrons. The second-order valence-corrected chi connectivity index (χ2v) is 4.24. The summed E-state index contributed by atoms with van der Waals surface area (Å²) in [6, 6.07) is 5.33. The molecule has 20 heavy (non-hydrogen) atoms. The van der Waals surface area contributed by atoms with Crippen LogP contribution >= 0.6 is 0 Å². The number of pyridine rings is 1. The molecule has 0 aliphatic heterocycles. The van der Waals surface area contributed by atoms with E-state index in [1.807, 2.05) is 19.9 Å². The number of nitrogens with zero attached hydrogens (tertiary/aromatic N) is 3. The zero-order valence-corrected chi connectivity index (χ0v) is 11.6. The minimum atomic E-state index is -0.221. The minimum absolute atomic E-state index is 0.221. The van der Waals surface area contributed by atoms with Crippen LogP contribution in [0.1, 0.15) is 28.9 Å². The van der Waals surface area contributed by atoms with Crippen molar-refractivity contribution in [2.24, 2.45) is 0 Å². The third-order valence-corrected chi connectivity index (χ3v) is 2.64. The van der Waals surface area contributed by atoms with Crippen LogP contribution < -0.4 is 10.6 Å². The first-order chi connectivity index (χ1) is 9.69. The molecule has 6 heteroatoms. The van der Waals surface area contributed by atoms with Crippen molar-refractivity contribution < 1.29 is 4.79 Å². The van der Waals surface area contributed by atoms with Crippen molar-refractivity contribution in [2.75, 3.05) is 11.9 Å². The summed E-state index contributed by atoms with van der Waals surface area (Å²) < 4.78 is 0. The van der Waals surface area contributed by atoms with Crippen LogP contribution in [0, 0.1) is 6.92 Å². The summed E-state index contributed by atoms with van der Waals surface area (Å²) in [6.45, 7) is 4.96. The molecule has 1 amide bonds. The average Bonchev–Trinajstić information content (AvgIpc) is 2.45. The van der Waals surface area contributed by atoms with Crippen molar-refractivity contribution >= 4 is 11.6 Å². The van der Waals surface area contributed by atoms with Crippen molar-refractivity contribution in [1.29, 1.82) is 0 Å². The van der Waals surface area contributed by atoms with Gasteiger partial charge in [-0.2, -0.15) is 0 Å². The van der Waals surface area contributed by atoms with E-state index in [9.17, 15) is 4.79 Å². The number of nitrogens with one attached hydrogen (secondary N) is 2. The van der Waals surface area contributed by atoms with Crippen LogP contribution in [0.5, 0.6) is 0 Å². The molecule has 0 spiro atoms. The molecule has 0 unspecified atom stereocenters. The van der Waals surface area contributed by atoms with Gasteiger partial charge in [0, 0.05) is 24.6 Å². The Labute approximate surface area is 117 Å². The summed E-state index contributed by atoms with van der Waals surface area (Å²) in [6.07, 6.45) is 3.29. The first kappa shape index (κ1) is 13.9. The summed E-state index contributed by atoms with van der Waals surface area (Å²) >= 11 is 0. The fourth-order valence-electron chi connectivity index (χ4n) is 1.73. The number of hydrogen-bond donors (Lipinski definition) is 2. The first-order valence-corrected chi connectivity index (χ1v) is 6.45. The monoisotopic (exact) mass is 271 g/mol. The predicted octanol–water partition coefficient (Wildman–Crippen LogP) is 1.54. The Balaban J connectivity index is 1.99. The number of carbonyl (C=O) groups excluding carboxylic acids is 1. The Bertz CT molecular complexity index is 600. The smallest absolute Gasteiger partial charge is 0.270 e. The number of aromatic nitrogens is 3. The fourth-order valence-corrected chi connectivity index (χ4v) is 1.73. The van der Waals surface area contributed by atoms with Gasteiger partial charge in [-0.15, -0.1) is 0 Å². The van der Waals surface area contributed by atoms with E-state index < -0.39 is 0 Å². The lowest BCUT2D eigenvalue weighted by Crippen LogP contribution is -2.24. The predicted molar refractivity (Wildman–Crippen MR) is 76.3 cm³/mol. The molecule has 2 N–H and O–H groups in total. The molecule has 104 valence electrons. The van der Waals surface area contributed by atoms with Crippen LogP contribution in [0.2, 0.25) is 0 Å². The molecule has 0 fully saturated rings. The number of carbonyl (C=O) groups is 1. The minimum Gasteiger partial charge on any atom is -0.385 e. The SMILES string of the molecule is CCNc1ccnc(C(=O)NCc2ccnc(C)n2)c1. The molecule has 0 atom stereocenters. The van der Waals surface area contributed by atoms with E-state index in [1.54, 1.807) is 24.5 Å². The van der Waals surface area contributed by atoms with E-state index in [-0.39, 0.29) is 5.91 Å². The highest BCUT2D eigenvalue weighted by Gasteiger charge is 2.08. The van der Waals surface area contributed by atoms with Crippen molar-refractivity contribution in [3.05, 3.63) is 47.8 Å². The lowest BCUT2D eigenvalue weighted by molar-refractivity contribution is 0.0945. The molecule has 2 heterocycles. The van der Waals surface area contributed by atoms with Crippen LogP contribution in [-0.4, -0.2) is 27.4 Å². The van der Waals surface area contributed by atoms with E-state index in [1.165, 1.54) is 0 Å². The topological polar surface area (TPSA) is 79.8 Å². The lowest BCUT2D eigenvalue weighted by Gasteiger charge is -2.07. The Hall–Kier alpha value is -2.50. The fraction of sp³-hybridized carbons (Fsp3) is 0.286. The van der Waals surface area contributed by atoms with Gasteiger partial charge in [0.15, 0.2) is 0 Å². The second-order valence-electron chi connectivity index (χ2n) is 4.24. The molecule has 0 aliphatic carbocycles. The molecule has 2 aromatic heterocycles. The van der Waals surface area contributed by atoms with E-state index in [4.69, 9.17) is 0 Å². The number of anilines is 1. The molecule has 0 aromatic carbocycles. The molecule has 0 aliphatic rings. The molecule has 2 aromatic rings. The van der Waals surface area contributed by atoms with Gasteiger partial charge in [-0.25, -0.2) is 9.97 Å². The van der Waals surface area contributed by atoms with E-state index >= 15 is 0 Å². The van der Waals surface area contributed by atoms with Crippen LogP contribution in [0.3, 0.4) is 0 Å². The Morgan fingerprint density at radius 3 is 2.80 bits per heavy atom. The maximum atomic E-state index is 12.0. The quantitative estimate of drug-likeness (QED) is 0.862. The van der Waals surface area contributed by atoms with Crippen LogP contribution in [0.15, 0.2) is 30.6 Å². The Kier molecular flexibility index (Phi) is 4.60. The summed E-state index contributed by atoms with van der Waals surface area (Å²) in [5, 5.41) is 5.94. The van der Waals surface area contributed by atoms with Gasteiger partial charge >= 0.3 is 0 Å². The van der Waals surface area contributed by atoms with Gasteiger partial charge in [0.25, 0.3) is 5.91 Å². The number of aryl methyl sites for hydroxylation is 1. The Morgan fingerprint density at radius 1 is 1.25 bits per heavy atom. The van der Waals surface area contributed by atoms with Crippen molar-refractivity contribution in [3.63, 3.8) is 0 Å². The maximum absolute atomic E-state index is 12.0. The summed E-state index contributed by atoms with van der Waals surface area (Å²) in [5.74, 6) is 0.463. The lowest BCUT2D eigenvalue weighted by atomic mass is 10.3. The van der Waals surface area contributed by atoms with Crippen LogP contribution in [-0.2, 0) is 6.54 Å². The molecule has 0 saturated carbocycles. The second kappa shape index (κ2) is 6.60. The van der Waals surface area contributed by atoms with Gasteiger partial charge in [-0.3, -0.25) is 9.78 Å². The molecule has 6 nitrogen and oxygen atoms in total. The molecular formula is C14H17N5O. The zero-order valence-electron chi connectivity index (χ0n) is 11.6. The number of rotatable bonds is 5. The number of amides is 1. The van der Waals surface area contributed by atoms with E-state index in [0.717, 1.165) is 17.9 Å². The number of hydrogen-bond acceptors (Lipinski definition) is 5. The van der Waals surface area contributed by atoms with Gasteiger partial charge < -0.3 is 10.6 Å². The zero-order chi connectivity index (χ0) is 14.4. The van der Waals surface area contributed by atoms with Gasteiger partial charge in [0.2, 0.25) is 0 Å². The first-order valence-electron chi connectivity index (χ1n) is 6.45. The van der Waals surface area contributed by atoms with Gasteiger partial charge in [-0.1, -0.05) is 0 Å². The summed E-state index contributed by atoms with van der Waals surface area (Å²) in [5.41, 5.74) is 2.04. The molecule has 0 bridgehead atoms. The normalized spacial score (nSPS) is 10.1. The third-order valence-electron chi connectivity index (χ3n) is 2.64. The van der Waals surface area contributed by atoms with Gasteiger partial charge in [-0.05, 0) is 32.0 Å². The molecule has 0 saturated heterocycles. The molecule has 2 rings (SSSR count). The highest BCUT2D eigenvalue weighted by molar-refractivity contribution is 5.93. The van der Waals surface area contributed by atoms with Crippen LogP contribution in [0.4, 0.5) is 5.69 Å². The van der Waals surface area contributed by atoms with Crippen LogP contribution in [0.25, 0.3) is 0 Å². The highest BCUT2D eigenvalue weighted by Crippen LogP contribution is 2.07. The van der Waals surface area contributed by atoms with Crippen molar-refractivity contribution in [2.45, 2.75) is 20.4 Å². The maximum Gasteiger partial charge on any atom is 0.270 e. The van der Waals surface area contributed by atoms with Crippen molar-refractivity contribution in [3.8, 4) is 0 Å². The largest absolute Gasteiger partial charge is 0.385 e. The van der Waals surface area contributed by atoms with Gasteiger partial charge in [0.1, 0.15) is 11.5 Å². The standard InChI is InChI=1S/C14H17N5O/c1-3-15-11-4-7-17-13(8-11)14(20)18-9-12-5-6-16-10(2)19-12/h4-8H,3,9H2,1-2H3,(H,15,17)(H,18,20). The van der Waals surface area contributed by atoms with E-state index in [2.05, 4.69) is 25.6 Å². The summed E-state index contributed by atoms with van der Waals surface area (Å²) in [4.78, 5) is 24.3. The van der Waals surface area contributed by atoms with Crippen molar-refractivity contribution in [1.82, 2.24) is 20.3 Å². The van der Waals surface area contributed by atoms with E-state index in [0.29, 0.717) is 18.1 Å². The summed E-state index contributed by atoms with van der Waals surface area (Å²) in [7, 11) is 0. The van der Waals surface area contributed by atoms with Gasteiger partial charge in [0.05, 0.1) is 12.2 Å². The third kappa shape index (κ3) is 3.74. The molecular weight excluding hydrogens is 254 g/mol. The highest BCUT2D eigenvalue weighted by atomic mass is 16.1.